The van der Waals surface area contributed by atoms with E-state index >= 15 is 0 Å². The molecule has 0 aliphatic rings. The molecule has 2 N–H and O–H groups in total. The predicted molar refractivity (Wildman–Crippen MR) is 57.2 cm³/mol. The number of nitriles is 1. The van der Waals surface area contributed by atoms with Crippen molar-refractivity contribution in [1.29, 1.82) is 5.26 Å². The van der Waals surface area contributed by atoms with Gasteiger partial charge >= 0.3 is 5.97 Å². The Bertz CT molecular complexity index is 493. The largest absolute Gasteiger partial charge is 0.480 e. The summed E-state index contributed by atoms with van der Waals surface area (Å²) in [5.41, 5.74) is 0.444. The number of nitro groups is 1. The average Bonchev–Trinajstić information content (AvgIpc) is 2.28. The van der Waals surface area contributed by atoms with Crippen LogP contribution >= 0.6 is 0 Å². The van der Waals surface area contributed by atoms with Gasteiger partial charge in [0.1, 0.15) is 0 Å². The van der Waals surface area contributed by atoms with Crippen molar-refractivity contribution in [1.82, 2.24) is 5.32 Å². The quantitative estimate of drug-likeness (QED) is 0.571. The van der Waals surface area contributed by atoms with Crippen molar-refractivity contribution in [2.75, 3.05) is 6.54 Å². The van der Waals surface area contributed by atoms with Crippen LogP contribution in [0.4, 0.5) is 5.69 Å². The van der Waals surface area contributed by atoms with Crippen LogP contribution < -0.4 is 5.32 Å². The lowest BCUT2D eigenvalue weighted by Crippen LogP contribution is -2.22. The van der Waals surface area contributed by atoms with Gasteiger partial charge in [-0.2, -0.15) is 5.26 Å². The summed E-state index contributed by atoms with van der Waals surface area (Å²) in [5.74, 6) is -1.05. The van der Waals surface area contributed by atoms with Gasteiger partial charge in [0.05, 0.1) is 23.1 Å². The minimum absolute atomic E-state index is 0.0259. The zero-order chi connectivity index (χ0) is 12.8. The number of nitrogens with one attached hydrogen (secondary N) is 1. The summed E-state index contributed by atoms with van der Waals surface area (Å²) in [6, 6.07) is 5.81. The highest BCUT2D eigenvalue weighted by Gasteiger charge is 2.13. The molecule has 0 saturated carbocycles. The van der Waals surface area contributed by atoms with Crippen molar-refractivity contribution < 1.29 is 14.8 Å². The molecule has 0 aliphatic heterocycles. The second-order valence-corrected chi connectivity index (χ2v) is 3.21. The fraction of sp³-hybridized carbons (Fsp3) is 0.200. The van der Waals surface area contributed by atoms with Crippen LogP contribution in [0.3, 0.4) is 0 Å². The summed E-state index contributed by atoms with van der Waals surface area (Å²) in [6.45, 7) is -0.272. The first-order valence-electron chi connectivity index (χ1n) is 4.64. The Morgan fingerprint density at radius 1 is 1.59 bits per heavy atom. The molecular weight excluding hydrogens is 226 g/mol. The van der Waals surface area contributed by atoms with Gasteiger partial charge in [-0.3, -0.25) is 14.9 Å². The zero-order valence-electron chi connectivity index (χ0n) is 8.71. The van der Waals surface area contributed by atoms with Crippen LogP contribution in [-0.2, 0) is 11.3 Å². The van der Waals surface area contributed by atoms with E-state index in [0.717, 1.165) is 0 Å². The Labute approximate surface area is 96.4 Å². The molecule has 0 fully saturated rings. The molecule has 0 bridgehead atoms. The number of aliphatic carboxylic acids is 1. The van der Waals surface area contributed by atoms with E-state index in [1.165, 1.54) is 18.2 Å². The van der Waals surface area contributed by atoms with E-state index in [9.17, 15) is 14.9 Å². The van der Waals surface area contributed by atoms with Crippen molar-refractivity contribution in [3.05, 3.63) is 39.4 Å². The molecule has 7 nitrogen and oxygen atoms in total. The third-order valence-corrected chi connectivity index (χ3v) is 2.00. The standard InChI is InChI=1S/C10H9N3O4/c11-4-7-1-2-9(13(16)17)8(3-7)5-12-6-10(14)15/h1-3,12H,5-6H2,(H,14,15). The van der Waals surface area contributed by atoms with Crippen molar-refractivity contribution in [2.24, 2.45) is 0 Å². The van der Waals surface area contributed by atoms with Crippen LogP contribution in [0.5, 0.6) is 0 Å². The summed E-state index contributed by atoms with van der Waals surface area (Å²) in [5, 5.41) is 30.3. The molecule has 0 radical (unpaired) electrons. The Morgan fingerprint density at radius 3 is 2.82 bits per heavy atom. The van der Waals surface area contributed by atoms with Gasteiger partial charge in [0.15, 0.2) is 0 Å². The number of carbonyl (C=O) groups is 1. The lowest BCUT2D eigenvalue weighted by atomic mass is 10.1. The van der Waals surface area contributed by atoms with Gasteiger partial charge in [0, 0.05) is 18.2 Å². The number of hydrogen-bond donors (Lipinski definition) is 2. The molecule has 0 aliphatic carbocycles. The molecule has 1 rings (SSSR count). The van der Waals surface area contributed by atoms with Crippen molar-refractivity contribution in [3.8, 4) is 6.07 Å². The first kappa shape index (κ1) is 12.6. The zero-order valence-corrected chi connectivity index (χ0v) is 8.71. The highest BCUT2D eigenvalue weighted by atomic mass is 16.6. The second-order valence-electron chi connectivity index (χ2n) is 3.21. The highest BCUT2D eigenvalue weighted by Crippen LogP contribution is 2.19. The number of carboxylic acid groups (broad SMARTS) is 1. The maximum absolute atomic E-state index is 10.7. The molecule has 0 amide bonds. The van der Waals surface area contributed by atoms with Crippen LogP contribution in [0.15, 0.2) is 18.2 Å². The number of hydrogen-bond acceptors (Lipinski definition) is 5. The molecule has 88 valence electrons. The van der Waals surface area contributed by atoms with Gasteiger partial charge in [-0.05, 0) is 12.1 Å². The molecule has 0 saturated heterocycles. The minimum atomic E-state index is -1.05. The van der Waals surface area contributed by atoms with Crippen LogP contribution in [0.1, 0.15) is 11.1 Å². The summed E-state index contributed by atoms with van der Waals surface area (Å²) in [6.07, 6.45) is 0. The van der Waals surface area contributed by atoms with Crippen molar-refractivity contribution in [3.63, 3.8) is 0 Å². The number of carboxylic acids is 1. The molecule has 7 heteroatoms. The van der Waals surface area contributed by atoms with Crippen LogP contribution in [-0.4, -0.2) is 22.5 Å². The molecule has 0 heterocycles. The lowest BCUT2D eigenvalue weighted by molar-refractivity contribution is -0.385. The monoisotopic (exact) mass is 235 g/mol. The van der Waals surface area contributed by atoms with Gasteiger partial charge in [-0.1, -0.05) is 0 Å². The van der Waals surface area contributed by atoms with E-state index in [4.69, 9.17) is 10.4 Å². The predicted octanol–water partition coefficient (Wildman–Crippen LogP) is 0.641. The second kappa shape index (κ2) is 5.58. The first-order chi connectivity index (χ1) is 8.04. The average molecular weight is 235 g/mol. The maximum atomic E-state index is 10.7. The molecule has 17 heavy (non-hydrogen) atoms. The van der Waals surface area contributed by atoms with E-state index in [1.807, 2.05) is 6.07 Å². The number of rotatable bonds is 5. The van der Waals surface area contributed by atoms with Gasteiger partial charge in [-0.15, -0.1) is 0 Å². The fourth-order valence-electron chi connectivity index (χ4n) is 1.28. The summed E-state index contributed by atoms with van der Waals surface area (Å²) in [4.78, 5) is 20.4. The molecule has 0 unspecified atom stereocenters. The Hall–Kier alpha value is -2.46. The number of benzene rings is 1. The SMILES string of the molecule is N#Cc1ccc([N+](=O)[O-])c(CNCC(=O)O)c1. The molecular formula is C10H9N3O4. The van der Waals surface area contributed by atoms with E-state index in [1.54, 1.807) is 0 Å². The van der Waals surface area contributed by atoms with E-state index in [0.29, 0.717) is 5.56 Å². The first-order valence-corrected chi connectivity index (χ1v) is 4.64. The van der Waals surface area contributed by atoms with Gasteiger partial charge in [0.2, 0.25) is 0 Å². The van der Waals surface area contributed by atoms with Crippen LogP contribution in [0, 0.1) is 21.4 Å². The van der Waals surface area contributed by atoms with E-state index < -0.39 is 10.9 Å². The highest BCUT2D eigenvalue weighted by molar-refractivity contribution is 5.69. The smallest absolute Gasteiger partial charge is 0.317 e. The normalized spacial score (nSPS) is 9.59. The number of nitro benzene ring substituents is 1. The van der Waals surface area contributed by atoms with Crippen molar-refractivity contribution >= 4 is 11.7 Å². The van der Waals surface area contributed by atoms with Crippen LogP contribution in [0.25, 0.3) is 0 Å². The fourth-order valence-corrected chi connectivity index (χ4v) is 1.28. The summed E-state index contributed by atoms with van der Waals surface area (Å²) >= 11 is 0. The molecule has 1 aromatic carbocycles. The third-order valence-electron chi connectivity index (χ3n) is 2.00. The Morgan fingerprint density at radius 2 is 2.29 bits per heavy atom. The molecule has 1 aromatic rings. The van der Waals surface area contributed by atoms with Crippen LogP contribution in [0.2, 0.25) is 0 Å². The molecule has 0 aromatic heterocycles. The summed E-state index contributed by atoms with van der Waals surface area (Å²) < 4.78 is 0. The lowest BCUT2D eigenvalue weighted by Gasteiger charge is -2.03. The Balaban J connectivity index is 2.90. The number of nitrogens with zero attached hydrogens (tertiary/aromatic N) is 2. The van der Waals surface area contributed by atoms with Gasteiger partial charge in [0.25, 0.3) is 5.69 Å². The maximum Gasteiger partial charge on any atom is 0.317 e. The minimum Gasteiger partial charge on any atom is -0.480 e. The van der Waals surface area contributed by atoms with Gasteiger partial charge in [-0.25, -0.2) is 0 Å². The Kier molecular flexibility index (Phi) is 4.14. The molecule has 0 spiro atoms. The van der Waals surface area contributed by atoms with E-state index in [-0.39, 0.29) is 24.3 Å². The van der Waals surface area contributed by atoms with Gasteiger partial charge < -0.3 is 10.4 Å². The van der Waals surface area contributed by atoms with Crippen molar-refractivity contribution in [2.45, 2.75) is 6.54 Å². The van der Waals surface area contributed by atoms with E-state index in [2.05, 4.69) is 5.32 Å². The molecule has 0 atom stereocenters. The topological polar surface area (TPSA) is 116 Å². The summed E-state index contributed by atoms with van der Waals surface area (Å²) in [7, 11) is 0. The third kappa shape index (κ3) is 3.55.